The molecule has 0 radical (unpaired) electrons. The van der Waals surface area contributed by atoms with Crippen LogP contribution in [-0.2, 0) is 16.1 Å². The zero-order chi connectivity index (χ0) is 28.5. The van der Waals surface area contributed by atoms with Gasteiger partial charge in [-0.1, -0.05) is 44.4 Å². The van der Waals surface area contributed by atoms with Gasteiger partial charge in [0.2, 0.25) is 5.91 Å². The van der Waals surface area contributed by atoms with Crippen LogP contribution in [0.15, 0.2) is 53.5 Å². The highest BCUT2D eigenvalue weighted by Crippen LogP contribution is 2.37. The third-order valence-corrected chi connectivity index (χ3v) is 8.49. The predicted octanol–water partition coefficient (Wildman–Crippen LogP) is 6.46. The quantitative estimate of drug-likeness (QED) is 0.297. The Hall–Kier alpha value is -3.55. The van der Waals surface area contributed by atoms with Crippen LogP contribution in [0.1, 0.15) is 83.1 Å². The van der Waals surface area contributed by atoms with Crippen LogP contribution in [0.2, 0.25) is 0 Å². The molecule has 2 aromatic rings. The maximum Gasteiger partial charge on any atom is 0.303 e. The Labute approximate surface area is 238 Å². The predicted molar refractivity (Wildman–Crippen MR) is 158 cm³/mol. The largest absolute Gasteiger partial charge is 0.481 e. The molecule has 1 fully saturated rings. The first kappa shape index (κ1) is 29.4. The first-order valence-electron chi connectivity index (χ1n) is 14.8. The number of carbonyl (C=O) groups is 2. The van der Waals surface area contributed by atoms with Gasteiger partial charge in [0.05, 0.1) is 5.69 Å². The summed E-state index contributed by atoms with van der Waals surface area (Å²) >= 11 is 0. The number of aliphatic carboxylic acids is 1. The molecule has 8 heteroatoms. The molecule has 8 nitrogen and oxygen atoms in total. The van der Waals surface area contributed by atoms with E-state index in [2.05, 4.69) is 11.8 Å². The molecule has 2 unspecified atom stereocenters. The lowest BCUT2D eigenvalue weighted by molar-refractivity contribution is -0.137. The van der Waals surface area contributed by atoms with E-state index in [0.717, 1.165) is 42.0 Å². The van der Waals surface area contributed by atoms with Crippen molar-refractivity contribution in [2.75, 3.05) is 7.05 Å². The maximum absolute atomic E-state index is 13.3. The Morgan fingerprint density at radius 3 is 2.52 bits per heavy atom. The van der Waals surface area contributed by atoms with Crippen molar-refractivity contribution in [1.29, 1.82) is 0 Å². The molecule has 0 bridgehead atoms. The third kappa shape index (κ3) is 7.77. The lowest BCUT2D eigenvalue weighted by atomic mass is 9.81. The molecule has 216 valence electrons. The van der Waals surface area contributed by atoms with Crippen molar-refractivity contribution in [1.82, 2.24) is 9.80 Å². The fourth-order valence-electron chi connectivity index (χ4n) is 6.20. The molecular weight excluding hydrogens is 504 g/mol. The van der Waals surface area contributed by atoms with Gasteiger partial charge in [0.25, 0.3) is 0 Å². The molecule has 1 saturated carbocycles. The van der Waals surface area contributed by atoms with Crippen molar-refractivity contribution in [3.63, 3.8) is 0 Å². The minimum atomic E-state index is -0.791. The number of para-hydroxylation sites is 1. The number of carbonyl (C=O) groups excluding carboxylic acids is 1. The molecule has 0 saturated heterocycles. The number of hydrogen-bond donors (Lipinski definition) is 2. The lowest BCUT2D eigenvalue weighted by Gasteiger charge is -2.41. The van der Waals surface area contributed by atoms with Crippen molar-refractivity contribution >= 4 is 23.5 Å². The molecule has 2 atom stereocenters. The van der Waals surface area contributed by atoms with Crippen LogP contribution in [-0.4, -0.2) is 51.9 Å². The number of carboxylic acid groups (broad SMARTS) is 1. The Bertz CT molecular complexity index is 1160. The monoisotopic (exact) mass is 548 g/mol. The molecular formula is C32H44N4O4. The summed E-state index contributed by atoms with van der Waals surface area (Å²) in [6.07, 6.45) is 9.29. The van der Waals surface area contributed by atoms with E-state index < -0.39 is 5.97 Å². The average molecular weight is 549 g/mol. The van der Waals surface area contributed by atoms with Crippen LogP contribution >= 0.6 is 0 Å². The smallest absolute Gasteiger partial charge is 0.303 e. The average Bonchev–Trinajstić information content (AvgIpc) is 2.96. The van der Waals surface area contributed by atoms with Crippen molar-refractivity contribution < 1.29 is 19.4 Å². The Kier molecular flexibility index (Phi) is 10.4. The van der Waals surface area contributed by atoms with Crippen LogP contribution in [0.3, 0.4) is 0 Å². The molecule has 40 heavy (non-hydrogen) atoms. The highest BCUT2D eigenvalue weighted by atomic mass is 16.5. The topological polar surface area (TPSA) is 108 Å². The van der Waals surface area contributed by atoms with Crippen molar-refractivity contribution in [2.45, 2.75) is 96.2 Å². The molecule has 4 rings (SSSR count). The normalized spacial score (nSPS) is 16.9. The number of carboxylic acids is 1. The second-order valence-corrected chi connectivity index (χ2v) is 11.2. The van der Waals surface area contributed by atoms with Gasteiger partial charge in [-0.3, -0.25) is 9.59 Å². The number of aliphatic imine (C=N–C) groups is 1. The summed E-state index contributed by atoms with van der Waals surface area (Å²) < 4.78 is 6.08. The number of benzene rings is 2. The van der Waals surface area contributed by atoms with Gasteiger partial charge >= 0.3 is 5.97 Å². The summed E-state index contributed by atoms with van der Waals surface area (Å²) in [5, 5.41) is 8.99. The van der Waals surface area contributed by atoms with Gasteiger partial charge in [-0.25, -0.2) is 4.99 Å². The summed E-state index contributed by atoms with van der Waals surface area (Å²) in [5.41, 5.74) is 8.51. The first-order chi connectivity index (χ1) is 19.4. The molecule has 1 aliphatic carbocycles. The van der Waals surface area contributed by atoms with E-state index in [9.17, 15) is 9.59 Å². The Morgan fingerprint density at radius 2 is 1.82 bits per heavy atom. The lowest BCUT2D eigenvalue weighted by Crippen LogP contribution is -2.49. The van der Waals surface area contributed by atoms with E-state index in [-0.39, 0.29) is 24.4 Å². The zero-order valence-corrected chi connectivity index (χ0v) is 23.9. The molecule has 3 N–H and O–H groups in total. The van der Waals surface area contributed by atoms with Crippen LogP contribution in [0, 0.1) is 5.92 Å². The summed E-state index contributed by atoms with van der Waals surface area (Å²) in [5.74, 6) is 1.84. The highest BCUT2D eigenvalue weighted by molar-refractivity contribution is 5.84. The summed E-state index contributed by atoms with van der Waals surface area (Å²) in [6.45, 7) is 2.69. The number of fused-ring (bicyclic) bond motifs is 1. The van der Waals surface area contributed by atoms with E-state index in [1.165, 1.54) is 19.3 Å². The van der Waals surface area contributed by atoms with E-state index in [1.54, 1.807) is 0 Å². The van der Waals surface area contributed by atoms with Gasteiger partial charge in [0.15, 0.2) is 5.96 Å². The van der Waals surface area contributed by atoms with Gasteiger partial charge in [0.1, 0.15) is 11.5 Å². The second kappa shape index (κ2) is 14.2. The summed E-state index contributed by atoms with van der Waals surface area (Å²) in [4.78, 5) is 33.1. The maximum atomic E-state index is 13.3. The van der Waals surface area contributed by atoms with Crippen molar-refractivity contribution in [3.05, 3.63) is 54.1 Å². The van der Waals surface area contributed by atoms with E-state index in [4.69, 9.17) is 20.6 Å². The van der Waals surface area contributed by atoms with Gasteiger partial charge in [-0.05, 0) is 74.8 Å². The number of nitrogens with zero attached hydrogens (tertiary/aromatic N) is 3. The molecule has 2 aromatic carbocycles. The van der Waals surface area contributed by atoms with E-state index in [0.29, 0.717) is 44.1 Å². The van der Waals surface area contributed by atoms with Gasteiger partial charge in [-0.15, -0.1) is 0 Å². The highest BCUT2D eigenvalue weighted by Gasteiger charge is 2.33. The minimum Gasteiger partial charge on any atom is -0.481 e. The van der Waals surface area contributed by atoms with E-state index in [1.807, 2.05) is 60.5 Å². The van der Waals surface area contributed by atoms with Crippen LogP contribution < -0.4 is 10.5 Å². The summed E-state index contributed by atoms with van der Waals surface area (Å²) in [6, 6.07) is 15.8. The number of guanidine groups is 1. The molecule has 1 aliphatic heterocycles. The number of ether oxygens (including phenoxy) is 1. The van der Waals surface area contributed by atoms with Crippen LogP contribution in [0.4, 0.5) is 5.69 Å². The Balaban J connectivity index is 1.46. The zero-order valence-electron chi connectivity index (χ0n) is 23.9. The standard InChI is InChI=1S/C32H44N4O4/c1-3-25(13-10-16-31(38)39)35(2)30(37)20-19-29(23-11-6-4-7-12-23)36-22-24-21-27(17-18-28(24)34-32(36)33)40-26-14-8-5-9-15-26/h5,8-9,14-15,17-18,21,23,25,29H,3-4,6-7,10-13,16,19-20,22H2,1-2H3,(H2,33,34)(H,38,39). The fraction of sp³-hybridized carbons (Fsp3) is 0.531. The second-order valence-electron chi connectivity index (χ2n) is 11.2. The fourth-order valence-corrected chi connectivity index (χ4v) is 6.20. The number of rotatable bonds is 13. The summed E-state index contributed by atoms with van der Waals surface area (Å²) in [7, 11) is 1.86. The number of nitrogens with two attached hydrogens (primary N) is 1. The molecule has 0 aromatic heterocycles. The SMILES string of the molecule is CCC(CCCC(=O)O)N(C)C(=O)CCC(C1CCCCC1)N1Cc2cc(Oc3ccccc3)ccc2N=C1N. The first-order valence-corrected chi connectivity index (χ1v) is 14.8. The van der Waals surface area contributed by atoms with Crippen molar-refractivity contribution in [2.24, 2.45) is 16.6 Å². The van der Waals surface area contributed by atoms with Crippen molar-refractivity contribution in [3.8, 4) is 11.5 Å². The molecule has 1 heterocycles. The van der Waals surface area contributed by atoms with Crippen LogP contribution in [0.25, 0.3) is 0 Å². The van der Waals surface area contributed by atoms with Gasteiger partial charge in [-0.2, -0.15) is 0 Å². The Morgan fingerprint density at radius 1 is 1.07 bits per heavy atom. The number of hydrogen-bond acceptors (Lipinski definition) is 6. The molecule has 1 amide bonds. The van der Waals surface area contributed by atoms with E-state index >= 15 is 0 Å². The third-order valence-electron chi connectivity index (χ3n) is 8.49. The molecule has 0 spiro atoms. The molecule has 2 aliphatic rings. The number of amides is 1. The minimum absolute atomic E-state index is 0.0523. The van der Waals surface area contributed by atoms with Gasteiger partial charge in [0, 0.05) is 44.1 Å². The van der Waals surface area contributed by atoms with Gasteiger partial charge < -0.3 is 25.4 Å². The van der Waals surface area contributed by atoms with Crippen LogP contribution in [0.5, 0.6) is 11.5 Å².